The maximum Gasteiger partial charge on any atom is 0.391 e. The Kier molecular flexibility index (Phi) is 8.28. The summed E-state index contributed by atoms with van der Waals surface area (Å²) in [6.45, 7) is 2.78. The summed E-state index contributed by atoms with van der Waals surface area (Å²) in [7, 11) is 1.41. The van der Waals surface area contributed by atoms with E-state index in [0.29, 0.717) is 16.9 Å². The summed E-state index contributed by atoms with van der Waals surface area (Å²) in [6, 6.07) is 4.59. The van der Waals surface area contributed by atoms with Gasteiger partial charge in [0, 0.05) is 12.0 Å². The summed E-state index contributed by atoms with van der Waals surface area (Å²) >= 11 is 0. The predicted octanol–water partition coefficient (Wildman–Crippen LogP) is 3.64. The largest absolute Gasteiger partial charge is 0.496 e. The third-order valence-corrected chi connectivity index (χ3v) is 3.60. The molecular weight excluding hydrogens is 351 g/mol. The van der Waals surface area contributed by atoms with Crippen molar-refractivity contribution in [2.75, 3.05) is 20.3 Å². The number of carbonyl (C=O) groups excluding carboxylic acids is 2. The van der Waals surface area contributed by atoms with Crippen LogP contribution in [0.4, 0.5) is 13.2 Å². The second kappa shape index (κ2) is 9.94. The number of ether oxygens (including phenoxy) is 2. The van der Waals surface area contributed by atoms with E-state index < -0.39 is 18.1 Å². The van der Waals surface area contributed by atoms with Crippen molar-refractivity contribution >= 4 is 18.0 Å². The van der Waals surface area contributed by atoms with Gasteiger partial charge in [-0.2, -0.15) is 13.2 Å². The maximum atomic E-state index is 12.4. The summed E-state index contributed by atoms with van der Waals surface area (Å²) in [5.41, 5.74) is 0.864. The van der Waals surface area contributed by atoms with Crippen LogP contribution in [0.1, 0.15) is 36.2 Å². The van der Waals surface area contributed by atoms with E-state index in [1.807, 2.05) is 0 Å². The van der Waals surface area contributed by atoms with Gasteiger partial charge in [0.15, 0.2) is 5.78 Å². The molecule has 8 heteroatoms. The number of esters is 1. The van der Waals surface area contributed by atoms with Crippen LogP contribution in [0, 0.1) is 5.92 Å². The number of benzene rings is 1. The molecule has 0 N–H and O–H groups in total. The number of hydrogen-bond donors (Lipinski definition) is 0. The van der Waals surface area contributed by atoms with Crippen molar-refractivity contribution in [3.63, 3.8) is 0 Å². The van der Waals surface area contributed by atoms with Gasteiger partial charge in [0.25, 0.3) is 0 Å². The molecule has 1 aromatic rings. The lowest BCUT2D eigenvalue weighted by Crippen LogP contribution is -2.20. The van der Waals surface area contributed by atoms with Crippen molar-refractivity contribution < 1.29 is 32.2 Å². The lowest BCUT2D eigenvalue weighted by molar-refractivity contribution is -0.167. The minimum absolute atomic E-state index is 0.00154. The number of aliphatic imine (C=N–C) groups is 1. The Morgan fingerprint density at radius 2 is 2.00 bits per heavy atom. The molecule has 0 radical (unpaired) electrons. The number of nitrogens with zero attached hydrogens (tertiary/aromatic N) is 1. The van der Waals surface area contributed by atoms with Gasteiger partial charge in [0.1, 0.15) is 5.75 Å². The SMILES string of the molecule is CCOC(=O)c1ccc(CC(=O)CN=CCC(C)C(F)(F)F)c(OC)c1. The topological polar surface area (TPSA) is 65.0 Å². The van der Waals surface area contributed by atoms with Gasteiger partial charge in [-0.05, 0) is 31.7 Å². The van der Waals surface area contributed by atoms with E-state index in [0.717, 1.165) is 13.1 Å². The smallest absolute Gasteiger partial charge is 0.391 e. The lowest BCUT2D eigenvalue weighted by atomic mass is 10.0. The molecule has 0 bridgehead atoms. The number of alkyl halides is 3. The van der Waals surface area contributed by atoms with Crippen LogP contribution < -0.4 is 4.74 Å². The van der Waals surface area contributed by atoms with Gasteiger partial charge in [-0.25, -0.2) is 4.79 Å². The van der Waals surface area contributed by atoms with Crippen LogP contribution in [0.15, 0.2) is 23.2 Å². The van der Waals surface area contributed by atoms with E-state index >= 15 is 0 Å². The second-order valence-corrected chi connectivity index (χ2v) is 5.66. The van der Waals surface area contributed by atoms with Crippen molar-refractivity contribution in [3.8, 4) is 5.75 Å². The molecule has 0 aliphatic heterocycles. The van der Waals surface area contributed by atoms with Crippen molar-refractivity contribution in [1.82, 2.24) is 0 Å². The van der Waals surface area contributed by atoms with Crippen molar-refractivity contribution in [1.29, 1.82) is 0 Å². The number of hydrogen-bond acceptors (Lipinski definition) is 5. The summed E-state index contributed by atoms with van der Waals surface area (Å²) < 4.78 is 47.2. The highest BCUT2D eigenvalue weighted by atomic mass is 19.4. The molecule has 0 spiro atoms. The average molecular weight is 373 g/mol. The highest BCUT2D eigenvalue weighted by Gasteiger charge is 2.34. The number of carbonyl (C=O) groups is 2. The van der Waals surface area contributed by atoms with Crippen LogP contribution in [0.3, 0.4) is 0 Å². The van der Waals surface area contributed by atoms with Gasteiger partial charge in [-0.15, -0.1) is 0 Å². The highest BCUT2D eigenvalue weighted by molar-refractivity contribution is 5.90. The number of methoxy groups -OCH3 is 1. The number of halogens is 3. The molecule has 0 fully saturated rings. The maximum absolute atomic E-state index is 12.4. The molecule has 0 amide bonds. The van der Waals surface area contributed by atoms with Gasteiger partial charge >= 0.3 is 12.1 Å². The Morgan fingerprint density at radius 1 is 1.31 bits per heavy atom. The third kappa shape index (κ3) is 6.85. The first-order chi connectivity index (χ1) is 12.2. The van der Waals surface area contributed by atoms with Crippen LogP contribution >= 0.6 is 0 Å². The Balaban J connectivity index is 2.65. The zero-order chi connectivity index (χ0) is 19.7. The molecule has 0 saturated heterocycles. The molecule has 1 unspecified atom stereocenters. The summed E-state index contributed by atoms with van der Waals surface area (Å²) in [5, 5.41) is 0. The van der Waals surface area contributed by atoms with Crippen molar-refractivity contribution in [2.24, 2.45) is 10.9 Å². The van der Waals surface area contributed by atoms with E-state index in [1.54, 1.807) is 13.0 Å². The second-order valence-electron chi connectivity index (χ2n) is 5.66. The zero-order valence-electron chi connectivity index (χ0n) is 14.9. The highest BCUT2D eigenvalue weighted by Crippen LogP contribution is 2.27. The molecule has 0 aliphatic carbocycles. The van der Waals surface area contributed by atoms with Crippen LogP contribution in [0.2, 0.25) is 0 Å². The molecule has 26 heavy (non-hydrogen) atoms. The Labute approximate surface area is 150 Å². The quantitative estimate of drug-likeness (QED) is 0.490. The van der Waals surface area contributed by atoms with Crippen LogP contribution in [0.25, 0.3) is 0 Å². The molecule has 144 valence electrons. The van der Waals surface area contributed by atoms with Gasteiger partial charge in [-0.3, -0.25) is 9.79 Å². The average Bonchev–Trinajstić information content (AvgIpc) is 2.58. The summed E-state index contributed by atoms with van der Waals surface area (Å²) in [5.74, 6) is -1.91. The third-order valence-electron chi connectivity index (χ3n) is 3.60. The van der Waals surface area contributed by atoms with E-state index in [1.165, 1.54) is 19.2 Å². The number of rotatable bonds is 9. The molecule has 0 saturated carbocycles. The van der Waals surface area contributed by atoms with Gasteiger partial charge in [0.2, 0.25) is 0 Å². The van der Waals surface area contributed by atoms with Crippen LogP contribution in [-0.2, 0) is 16.0 Å². The first kappa shape index (κ1) is 21.7. The number of Topliss-reactive ketones (excluding diaryl/α,β-unsaturated/α-hetero) is 1. The monoisotopic (exact) mass is 373 g/mol. The Bertz CT molecular complexity index is 656. The van der Waals surface area contributed by atoms with Gasteiger partial charge in [-0.1, -0.05) is 13.0 Å². The minimum atomic E-state index is -4.27. The van der Waals surface area contributed by atoms with E-state index in [-0.39, 0.29) is 31.8 Å². The summed E-state index contributed by atoms with van der Waals surface area (Å²) in [4.78, 5) is 27.4. The number of ketones is 1. The lowest BCUT2D eigenvalue weighted by Gasteiger charge is -2.12. The zero-order valence-corrected chi connectivity index (χ0v) is 14.9. The van der Waals surface area contributed by atoms with Crippen LogP contribution in [-0.4, -0.2) is 44.4 Å². The van der Waals surface area contributed by atoms with Crippen molar-refractivity contribution in [3.05, 3.63) is 29.3 Å². The van der Waals surface area contributed by atoms with E-state index in [2.05, 4.69) is 4.99 Å². The molecule has 1 atom stereocenters. The standard InChI is InChI=1S/C18H22F3NO4/c1-4-26-17(24)14-6-5-13(16(10-14)25-3)9-15(23)11-22-8-7-12(2)18(19,20)21/h5-6,8,10,12H,4,7,9,11H2,1-3H3. The molecular formula is C18H22F3NO4. The molecule has 0 heterocycles. The van der Waals surface area contributed by atoms with Crippen LogP contribution in [0.5, 0.6) is 5.75 Å². The van der Waals surface area contributed by atoms with Gasteiger partial charge in [0.05, 0.1) is 31.7 Å². The first-order valence-electron chi connectivity index (χ1n) is 8.09. The Hall–Kier alpha value is -2.38. The van der Waals surface area contributed by atoms with E-state index in [4.69, 9.17) is 9.47 Å². The predicted molar refractivity (Wildman–Crippen MR) is 90.9 cm³/mol. The van der Waals surface area contributed by atoms with Crippen molar-refractivity contribution in [2.45, 2.75) is 32.9 Å². The van der Waals surface area contributed by atoms with Gasteiger partial charge < -0.3 is 9.47 Å². The first-order valence-corrected chi connectivity index (χ1v) is 8.09. The fraction of sp³-hybridized carbons (Fsp3) is 0.500. The minimum Gasteiger partial charge on any atom is -0.496 e. The van der Waals surface area contributed by atoms with E-state index in [9.17, 15) is 22.8 Å². The molecule has 1 aromatic carbocycles. The fourth-order valence-electron chi connectivity index (χ4n) is 2.03. The normalized spacial score (nSPS) is 12.8. The molecule has 1 rings (SSSR count). The molecule has 5 nitrogen and oxygen atoms in total. The fourth-order valence-corrected chi connectivity index (χ4v) is 2.03. The summed E-state index contributed by atoms with van der Waals surface area (Å²) in [6.07, 6.45) is -3.42. The molecule has 0 aromatic heterocycles. The molecule has 0 aliphatic rings. The Morgan fingerprint density at radius 3 is 2.58 bits per heavy atom.